The standard InChI is InChI=1S/C33H34FN5O5/c34-25-16-22(31(40)21-4-5-21)6-7-23(25)19-44-30-3-1-2-26(36-30)20-10-13-38(14-11-20)18-29-35-27-8-9-28(33(41)42)37-32(27)39(29)17-24-12-15-43-24/h1-3,6-9,16,20-21,24H,4-5,10-15,17-19H2,(H,41,42)/t24-/m0/s1. The molecule has 228 valence electrons. The first kappa shape index (κ1) is 28.5. The van der Waals surface area contributed by atoms with Crippen molar-refractivity contribution < 1.29 is 28.6 Å². The number of ketones is 1. The monoisotopic (exact) mass is 599 g/mol. The summed E-state index contributed by atoms with van der Waals surface area (Å²) >= 11 is 0. The minimum atomic E-state index is -1.06. The molecule has 0 bridgehead atoms. The minimum Gasteiger partial charge on any atom is -0.477 e. The number of aromatic nitrogens is 4. The summed E-state index contributed by atoms with van der Waals surface area (Å²) in [6.07, 6.45) is 4.64. The number of benzene rings is 1. The van der Waals surface area contributed by atoms with E-state index in [-0.39, 0.29) is 36.0 Å². The van der Waals surface area contributed by atoms with Crippen LogP contribution in [-0.4, -0.2) is 67.1 Å². The molecule has 3 fully saturated rings. The summed E-state index contributed by atoms with van der Waals surface area (Å²) in [6.45, 7) is 3.71. The molecule has 2 saturated heterocycles. The number of Topliss-reactive ketones (excluding diaryl/α,β-unsaturated/α-hetero) is 1. The van der Waals surface area contributed by atoms with Crippen molar-refractivity contribution in [3.05, 3.63) is 82.7 Å². The van der Waals surface area contributed by atoms with Gasteiger partial charge >= 0.3 is 5.97 Å². The summed E-state index contributed by atoms with van der Waals surface area (Å²) in [5.41, 5.74) is 3.03. The van der Waals surface area contributed by atoms with Crippen LogP contribution in [0, 0.1) is 11.7 Å². The normalized spacial score (nSPS) is 19.2. The van der Waals surface area contributed by atoms with Gasteiger partial charge in [0.1, 0.15) is 23.8 Å². The highest BCUT2D eigenvalue weighted by Gasteiger charge is 2.31. The summed E-state index contributed by atoms with van der Waals surface area (Å²) in [7, 11) is 0. The number of likely N-dealkylation sites (tertiary alicyclic amines) is 1. The molecule has 7 rings (SSSR count). The van der Waals surface area contributed by atoms with Crippen LogP contribution in [0.5, 0.6) is 5.88 Å². The lowest BCUT2D eigenvalue weighted by atomic mass is 9.93. The second-order valence-corrected chi connectivity index (χ2v) is 11.9. The smallest absolute Gasteiger partial charge is 0.354 e. The van der Waals surface area contributed by atoms with Gasteiger partial charge in [-0.3, -0.25) is 9.69 Å². The van der Waals surface area contributed by atoms with E-state index in [4.69, 9.17) is 19.4 Å². The van der Waals surface area contributed by atoms with Crippen LogP contribution in [0.4, 0.5) is 4.39 Å². The molecular weight excluding hydrogens is 565 g/mol. The van der Waals surface area contributed by atoms with E-state index >= 15 is 0 Å². The number of nitrogens with zero attached hydrogens (tertiary/aromatic N) is 5. The zero-order valence-electron chi connectivity index (χ0n) is 24.3. The second-order valence-electron chi connectivity index (χ2n) is 11.9. The van der Waals surface area contributed by atoms with Crippen molar-refractivity contribution in [2.45, 2.75) is 63.8 Å². The molecule has 2 aliphatic heterocycles. The van der Waals surface area contributed by atoms with Crippen molar-refractivity contribution in [3.8, 4) is 5.88 Å². The van der Waals surface area contributed by atoms with Crippen LogP contribution in [0.3, 0.4) is 0 Å². The number of ether oxygens (including phenoxy) is 2. The molecule has 1 N–H and O–H groups in total. The van der Waals surface area contributed by atoms with Gasteiger partial charge in [0.2, 0.25) is 5.88 Å². The largest absolute Gasteiger partial charge is 0.477 e. The molecule has 11 heteroatoms. The number of carboxylic acid groups (broad SMARTS) is 1. The number of piperidine rings is 1. The summed E-state index contributed by atoms with van der Waals surface area (Å²) in [6, 6.07) is 13.5. The van der Waals surface area contributed by atoms with Gasteiger partial charge in [0.25, 0.3) is 0 Å². The molecule has 1 aliphatic carbocycles. The fourth-order valence-corrected chi connectivity index (χ4v) is 5.99. The maximum absolute atomic E-state index is 14.7. The Morgan fingerprint density at radius 3 is 2.52 bits per heavy atom. The van der Waals surface area contributed by atoms with Crippen molar-refractivity contribution >= 4 is 22.9 Å². The lowest BCUT2D eigenvalue weighted by Crippen LogP contribution is -2.35. The maximum Gasteiger partial charge on any atom is 0.354 e. The highest BCUT2D eigenvalue weighted by Crippen LogP contribution is 2.33. The van der Waals surface area contributed by atoms with Crippen molar-refractivity contribution in [2.24, 2.45) is 5.92 Å². The first-order valence-corrected chi connectivity index (χ1v) is 15.3. The van der Waals surface area contributed by atoms with Crippen LogP contribution >= 0.6 is 0 Å². The predicted octanol–water partition coefficient (Wildman–Crippen LogP) is 5.00. The number of carboxylic acids is 1. The van der Waals surface area contributed by atoms with E-state index in [1.807, 2.05) is 16.7 Å². The number of pyridine rings is 2. The third kappa shape index (κ3) is 6.07. The van der Waals surface area contributed by atoms with Gasteiger partial charge in [0, 0.05) is 41.3 Å². The quantitative estimate of drug-likeness (QED) is 0.238. The third-order valence-corrected chi connectivity index (χ3v) is 8.85. The SMILES string of the molecule is O=C(O)c1ccc2nc(CN3CCC(c4cccc(OCc5ccc(C(=O)C6CC6)cc5F)n4)CC3)n(C[C@@H]3CCO3)c2n1. The second kappa shape index (κ2) is 12.0. The number of halogens is 1. The minimum absolute atomic E-state index is 0.00245. The maximum atomic E-state index is 14.7. The van der Waals surface area contributed by atoms with Crippen molar-refractivity contribution in [2.75, 3.05) is 19.7 Å². The number of hydrogen-bond acceptors (Lipinski definition) is 8. The van der Waals surface area contributed by atoms with Gasteiger partial charge in [-0.05, 0) is 69.5 Å². The van der Waals surface area contributed by atoms with Crippen molar-refractivity contribution in [1.82, 2.24) is 24.4 Å². The van der Waals surface area contributed by atoms with E-state index < -0.39 is 11.8 Å². The van der Waals surface area contributed by atoms with Crippen LogP contribution in [0.25, 0.3) is 11.2 Å². The van der Waals surface area contributed by atoms with Gasteiger partial charge in [0.05, 0.1) is 19.2 Å². The molecule has 0 unspecified atom stereocenters. The summed E-state index contributed by atoms with van der Waals surface area (Å²) in [5.74, 6) is 0.140. The first-order chi connectivity index (χ1) is 21.4. The Labute approximate surface area is 253 Å². The molecule has 5 heterocycles. The zero-order valence-corrected chi connectivity index (χ0v) is 24.3. The molecule has 44 heavy (non-hydrogen) atoms. The van der Waals surface area contributed by atoms with E-state index in [1.165, 1.54) is 12.1 Å². The number of carbonyl (C=O) groups excluding carboxylic acids is 1. The van der Waals surface area contributed by atoms with Crippen LogP contribution in [0.15, 0.2) is 48.5 Å². The van der Waals surface area contributed by atoms with Gasteiger partial charge < -0.3 is 19.1 Å². The molecule has 0 spiro atoms. The van der Waals surface area contributed by atoms with E-state index in [0.717, 1.165) is 63.3 Å². The summed E-state index contributed by atoms with van der Waals surface area (Å²) in [5, 5.41) is 9.45. The van der Waals surface area contributed by atoms with Crippen LogP contribution in [0.2, 0.25) is 0 Å². The molecule has 0 amide bonds. The number of carbonyl (C=O) groups is 2. The molecule has 3 aliphatic rings. The number of aromatic carboxylic acids is 1. The van der Waals surface area contributed by atoms with E-state index in [2.05, 4.69) is 9.88 Å². The zero-order chi connectivity index (χ0) is 30.2. The summed E-state index contributed by atoms with van der Waals surface area (Å²) in [4.78, 5) is 40.1. The van der Waals surface area contributed by atoms with E-state index in [9.17, 15) is 19.1 Å². The number of rotatable bonds is 11. The number of fused-ring (bicyclic) bond motifs is 1. The lowest BCUT2D eigenvalue weighted by molar-refractivity contribution is -0.0593. The average molecular weight is 600 g/mol. The molecular formula is C33H34FN5O5. The van der Waals surface area contributed by atoms with Gasteiger partial charge in [-0.1, -0.05) is 18.2 Å². The Hall–Kier alpha value is -4.22. The first-order valence-electron chi connectivity index (χ1n) is 15.3. The van der Waals surface area contributed by atoms with Crippen LogP contribution < -0.4 is 4.74 Å². The van der Waals surface area contributed by atoms with Gasteiger partial charge in [0.15, 0.2) is 17.1 Å². The van der Waals surface area contributed by atoms with E-state index in [1.54, 1.807) is 24.3 Å². The van der Waals surface area contributed by atoms with Crippen molar-refractivity contribution in [1.29, 1.82) is 0 Å². The van der Waals surface area contributed by atoms with Gasteiger partial charge in [-0.15, -0.1) is 0 Å². The fourth-order valence-electron chi connectivity index (χ4n) is 5.99. The van der Waals surface area contributed by atoms with Gasteiger partial charge in [-0.25, -0.2) is 24.1 Å². The Kier molecular flexibility index (Phi) is 7.82. The molecule has 0 radical (unpaired) electrons. The Balaban J connectivity index is 0.979. The molecule has 1 atom stereocenters. The van der Waals surface area contributed by atoms with Gasteiger partial charge in [-0.2, -0.15) is 0 Å². The van der Waals surface area contributed by atoms with Crippen molar-refractivity contribution in [3.63, 3.8) is 0 Å². The molecule has 3 aromatic heterocycles. The highest BCUT2D eigenvalue weighted by atomic mass is 19.1. The molecule has 1 saturated carbocycles. The fraction of sp³-hybridized carbons (Fsp3) is 0.424. The Morgan fingerprint density at radius 2 is 1.82 bits per heavy atom. The Morgan fingerprint density at radius 1 is 1.00 bits per heavy atom. The van der Waals surface area contributed by atoms with E-state index in [0.29, 0.717) is 41.3 Å². The number of hydrogen-bond donors (Lipinski definition) is 1. The predicted molar refractivity (Wildman–Crippen MR) is 158 cm³/mol. The number of imidazole rings is 1. The van der Waals surface area contributed by atoms with Crippen LogP contribution in [-0.2, 0) is 24.4 Å². The highest BCUT2D eigenvalue weighted by molar-refractivity contribution is 5.99. The molecule has 10 nitrogen and oxygen atoms in total. The summed E-state index contributed by atoms with van der Waals surface area (Å²) < 4.78 is 28.2. The Bertz CT molecular complexity index is 1710. The average Bonchev–Trinajstić information content (AvgIpc) is 3.81. The van der Waals surface area contributed by atoms with Crippen LogP contribution in [0.1, 0.15) is 76.0 Å². The third-order valence-electron chi connectivity index (χ3n) is 8.85. The molecule has 1 aromatic carbocycles. The molecule has 4 aromatic rings. The topological polar surface area (TPSA) is 120 Å². The lowest BCUT2D eigenvalue weighted by Gasteiger charge is -2.32.